The van der Waals surface area contributed by atoms with Gasteiger partial charge in [-0.25, -0.2) is 0 Å². The molecule has 1 aromatic carbocycles. The molecule has 5 nitrogen and oxygen atoms in total. The van der Waals surface area contributed by atoms with E-state index in [-0.39, 0.29) is 17.7 Å². The molecule has 0 bridgehead atoms. The number of carbonyl (C=O) groups excluding carboxylic acids is 3. The number of rotatable bonds is 5. The van der Waals surface area contributed by atoms with Crippen molar-refractivity contribution in [3.8, 4) is 0 Å². The van der Waals surface area contributed by atoms with E-state index < -0.39 is 0 Å². The molecule has 27 heavy (non-hydrogen) atoms. The zero-order chi connectivity index (χ0) is 18.8. The second-order valence-corrected chi connectivity index (χ2v) is 7.90. The number of imide groups is 1. The molecule has 0 N–H and O–H groups in total. The van der Waals surface area contributed by atoms with Crippen LogP contribution in [-0.2, 0) is 4.79 Å². The van der Waals surface area contributed by atoms with E-state index in [1.807, 2.05) is 4.90 Å². The van der Waals surface area contributed by atoms with Crippen molar-refractivity contribution < 1.29 is 14.4 Å². The molecule has 0 spiro atoms. The highest BCUT2D eigenvalue weighted by molar-refractivity contribution is 7.08. The molecule has 1 fully saturated rings. The Balaban J connectivity index is 1.25. The van der Waals surface area contributed by atoms with Crippen LogP contribution in [0.4, 0.5) is 0 Å². The van der Waals surface area contributed by atoms with E-state index in [1.165, 1.54) is 10.5 Å². The van der Waals surface area contributed by atoms with Gasteiger partial charge >= 0.3 is 0 Å². The van der Waals surface area contributed by atoms with Gasteiger partial charge in [0.1, 0.15) is 0 Å². The first-order chi connectivity index (χ1) is 13.1. The van der Waals surface area contributed by atoms with Gasteiger partial charge in [-0.05, 0) is 59.7 Å². The quantitative estimate of drug-likeness (QED) is 0.744. The molecular weight excluding hydrogens is 360 g/mol. The molecule has 3 amide bonds. The van der Waals surface area contributed by atoms with E-state index in [4.69, 9.17) is 0 Å². The molecule has 2 aromatic rings. The minimum absolute atomic E-state index is 0.121. The molecule has 4 rings (SSSR count). The van der Waals surface area contributed by atoms with Gasteiger partial charge < -0.3 is 4.90 Å². The lowest BCUT2D eigenvalue weighted by Crippen LogP contribution is -2.38. The van der Waals surface area contributed by atoms with Crippen LogP contribution >= 0.6 is 11.3 Å². The van der Waals surface area contributed by atoms with Crippen molar-refractivity contribution in [2.45, 2.75) is 31.6 Å². The second-order valence-electron chi connectivity index (χ2n) is 7.12. The number of hydrogen-bond donors (Lipinski definition) is 0. The number of carbonyl (C=O) groups is 3. The van der Waals surface area contributed by atoms with Crippen molar-refractivity contribution in [2.24, 2.45) is 0 Å². The Labute approximate surface area is 162 Å². The fourth-order valence-electron chi connectivity index (χ4n) is 3.96. The highest BCUT2D eigenvalue weighted by Crippen LogP contribution is 2.29. The standard InChI is InChI=1S/C21H22N2O3S/c24-19(22-11-7-15(8-12-22)16-9-13-27-14-16)6-3-10-23-20(25)17-4-1-2-5-18(17)21(23)26/h1-2,4-5,9,13-15H,3,6-8,10-12H2. The van der Waals surface area contributed by atoms with E-state index >= 15 is 0 Å². The summed E-state index contributed by atoms with van der Waals surface area (Å²) in [5.74, 6) is 0.174. The fraction of sp³-hybridized carbons (Fsp3) is 0.381. The molecule has 3 heterocycles. The number of thiophene rings is 1. The Hall–Kier alpha value is -2.47. The van der Waals surface area contributed by atoms with Crippen LogP contribution in [0.5, 0.6) is 0 Å². The van der Waals surface area contributed by atoms with Crippen molar-refractivity contribution >= 4 is 29.1 Å². The number of fused-ring (bicyclic) bond motifs is 1. The lowest BCUT2D eigenvalue weighted by Gasteiger charge is -2.32. The third-order valence-corrected chi connectivity index (χ3v) is 6.21. The topological polar surface area (TPSA) is 57.7 Å². The molecule has 6 heteroatoms. The summed E-state index contributed by atoms with van der Waals surface area (Å²) in [5.41, 5.74) is 2.31. The first-order valence-electron chi connectivity index (χ1n) is 9.40. The summed E-state index contributed by atoms with van der Waals surface area (Å²) in [4.78, 5) is 40.4. The SMILES string of the molecule is O=C(CCCN1C(=O)c2ccccc2C1=O)N1CCC(c2ccsc2)CC1. The average molecular weight is 382 g/mol. The summed E-state index contributed by atoms with van der Waals surface area (Å²) in [6.45, 7) is 1.86. The molecular formula is C21H22N2O3S. The van der Waals surface area contributed by atoms with E-state index in [1.54, 1.807) is 35.6 Å². The highest BCUT2D eigenvalue weighted by Gasteiger charge is 2.34. The van der Waals surface area contributed by atoms with Crippen LogP contribution in [-0.4, -0.2) is 47.2 Å². The van der Waals surface area contributed by atoms with Gasteiger partial charge in [0, 0.05) is 26.1 Å². The van der Waals surface area contributed by atoms with Gasteiger partial charge in [0.15, 0.2) is 0 Å². The van der Waals surface area contributed by atoms with Gasteiger partial charge in [0.05, 0.1) is 11.1 Å². The van der Waals surface area contributed by atoms with Crippen molar-refractivity contribution in [3.63, 3.8) is 0 Å². The maximum atomic E-state index is 12.5. The van der Waals surface area contributed by atoms with Crippen LogP contribution < -0.4 is 0 Å². The monoisotopic (exact) mass is 382 g/mol. The molecule has 0 saturated carbocycles. The number of amides is 3. The van der Waals surface area contributed by atoms with Crippen LogP contribution in [0.25, 0.3) is 0 Å². The molecule has 2 aliphatic heterocycles. The summed E-state index contributed by atoms with van der Waals surface area (Å²) in [5, 5.41) is 4.30. The minimum Gasteiger partial charge on any atom is -0.343 e. The minimum atomic E-state index is -0.250. The third-order valence-electron chi connectivity index (χ3n) is 5.51. The van der Waals surface area contributed by atoms with Crippen LogP contribution in [0.15, 0.2) is 41.1 Å². The second kappa shape index (κ2) is 7.64. The summed E-state index contributed by atoms with van der Waals surface area (Å²) in [7, 11) is 0. The maximum absolute atomic E-state index is 12.5. The van der Waals surface area contributed by atoms with Gasteiger partial charge in [-0.1, -0.05) is 12.1 Å². The predicted molar refractivity (Wildman–Crippen MR) is 104 cm³/mol. The summed E-state index contributed by atoms with van der Waals surface area (Å²) in [6.07, 6.45) is 2.88. The lowest BCUT2D eigenvalue weighted by atomic mass is 9.91. The summed E-state index contributed by atoms with van der Waals surface area (Å²) >= 11 is 1.72. The third kappa shape index (κ3) is 3.54. The van der Waals surface area contributed by atoms with Crippen molar-refractivity contribution in [2.75, 3.05) is 19.6 Å². The fourth-order valence-corrected chi connectivity index (χ4v) is 4.70. The number of nitrogens with zero attached hydrogens (tertiary/aromatic N) is 2. The Morgan fingerprint density at radius 3 is 2.30 bits per heavy atom. The van der Waals surface area contributed by atoms with Gasteiger partial charge in [0.25, 0.3) is 11.8 Å². The highest BCUT2D eigenvalue weighted by atomic mass is 32.1. The van der Waals surface area contributed by atoms with Crippen molar-refractivity contribution in [1.29, 1.82) is 0 Å². The Bertz CT molecular complexity index is 819. The number of piperidine rings is 1. The van der Waals surface area contributed by atoms with Gasteiger partial charge in [-0.3, -0.25) is 19.3 Å². The van der Waals surface area contributed by atoms with Crippen LogP contribution in [0.3, 0.4) is 0 Å². The van der Waals surface area contributed by atoms with Crippen LogP contribution in [0, 0.1) is 0 Å². The Morgan fingerprint density at radius 2 is 1.70 bits per heavy atom. The lowest BCUT2D eigenvalue weighted by molar-refractivity contribution is -0.132. The first-order valence-corrected chi connectivity index (χ1v) is 10.3. The van der Waals surface area contributed by atoms with Crippen LogP contribution in [0.1, 0.15) is 57.9 Å². The van der Waals surface area contributed by atoms with E-state index in [9.17, 15) is 14.4 Å². The van der Waals surface area contributed by atoms with E-state index in [2.05, 4.69) is 16.8 Å². The van der Waals surface area contributed by atoms with E-state index in [0.717, 1.165) is 25.9 Å². The zero-order valence-corrected chi connectivity index (χ0v) is 15.9. The summed E-state index contributed by atoms with van der Waals surface area (Å²) < 4.78 is 0. The number of likely N-dealkylation sites (tertiary alicyclic amines) is 1. The molecule has 1 saturated heterocycles. The van der Waals surface area contributed by atoms with Gasteiger partial charge in [-0.2, -0.15) is 11.3 Å². The molecule has 2 aliphatic rings. The van der Waals surface area contributed by atoms with Crippen LogP contribution in [0.2, 0.25) is 0 Å². The van der Waals surface area contributed by atoms with E-state index in [0.29, 0.717) is 36.4 Å². The predicted octanol–water partition coefficient (Wildman–Crippen LogP) is 3.53. The number of hydrogen-bond acceptors (Lipinski definition) is 4. The normalized spacial score (nSPS) is 17.5. The molecule has 0 atom stereocenters. The zero-order valence-electron chi connectivity index (χ0n) is 15.1. The summed E-state index contributed by atoms with van der Waals surface area (Å²) in [6, 6.07) is 9.05. The van der Waals surface area contributed by atoms with Gasteiger partial charge in [0.2, 0.25) is 5.91 Å². The first kappa shape index (κ1) is 17.9. The molecule has 1 aromatic heterocycles. The maximum Gasteiger partial charge on any atom is 0.261 e. The average Bonchev–Trinajstić information content (AvgIpc) is 3.32. The molecule has 0 unspecified atom stereocenters. The van der Waals surface area contributed by atoms with Crippen molar-refractivity contribution in [3.05, 3.63) is 57.8 Å². The Kier molecular flexibility index (Phi) is 5.07. The molecule has 0 aliphatic carbocycles. The molecule has 140 valence electrons. The smallest absolute Gasteiger partial charge is 0.261 e. The van der Waals surface area contributed by atoms with Crippen molar-refractivity contribution in [1.82, 2.24) is 9.80 Å². The Morgan fingerprint density at radius 1 is 1.04 bits per heavy atom. The molecule has 0 radical (unpaired) electrons. The largest absolute Gasteiger partial charge is 0.343 e. The number of benzene rings is 1. The van der Waals surface area contributed by atoms with Gasteiger partial charge in [-0.15, -0.1) is 0 Å².